The molecule has 5 aliphatic rings. The number of nitrogens with two attached hydrogens (primary N) is 1. The number of piperidine rings is 1. The highest BCUT2D eigenvalue weighted by Gasteiger charge is 2.53. The SMILES string of the molecule is CO[C@@H]1CC(C[C@@H](C)[C@@H]2CC[C@H](N)/C=C(\C)[C@@H](O)[C@@H](OC)C(=O)[C@H](C)C[C@H](C)/C=C/C=C/C=C(\C)[C@@H](N3CCCS3(=O)=O)CC3CCC(C)[C@@](O)(O3)C(=O)C(=O)N3CCCCC3C(=O)O2)CC[C@H]1O. The number of allylic oxidation sites excluding steroid dienone is 5. The molecule has 5 rings (SSSR count). The van der Waals surface area contributed by atoms with Crippen molar-refractivity contribution < 1.29 is 61.9 Å². The maximum absolute atomic E-state index is 14.4. The number of sulfonamides is 1. The normalized spacial score (nSPS) is 40.9. The maximum atomic E-state index is 14.4. The van der Waals surface area contributed by atoms with Crippen molar-refractivity contribution in [3.05, 3.63) is 47.6 Å². The van der Waals surface area contributed by atoms with Crippen molar-refractivity contribution >= 4 is 33.5 Å². The van der Waals surface area contributed by atoms with Crippen molar-refractivity contribution in [2.45, 2.75) is 192 Å². The number of aliphatic hydroxyl groups is 3. The fourth-order valence-electron chi connectivity index (χ4n) is 11.2. The van der Waals surface area contributed by atoms with E-state index in [2.05, 4.69) is 0 Å². The maximum Gasteiger partial charge on any atom is 0.329 e. The summed E-state index contributed by atoms with van der Waals surface area (Å²) in [6.07, 6.45) is 12.8. The second kappa shape index (κ2) is 25.5. The molecule has 2 bridgehead atoms. The summed E-state index contributed by atoms with van der Waals surface area (Å²) in [6.45, 7) is 11.4. The topological polar surface area (TPSA) is 233 Å². The fourth-order valence-corrected chi connectivity index (χ4v) is 13.0. The molecule has 0 aromatic rings. The Balaban J connectivity index is 1.48. The first-order chi connectivity index (χ1) is 32.6. The monoisotopic (exact) mass is 990 g/mol. The molecule has 17 heteroatoms. The molecule has 0 spiro atoms. The Labute approximate surface area is 411 Å². The van der Waals surface area contributed by atoms with Gasteiger partial charge in [0.15, 0.2) is 5.78 Å². The molecule has 4 aliphatic heterocycles. The van der Waals surface area contributed by atoms with Gasteiger partial charge in [0.25, 0.3) is 11.7 Å². The second-order valence-corrected chi connectivity index (χ2v) is 23.0. The highest BCUT2D eigenvalue weighted by molar-refractivity contribution is 7.89. The van der Waals surface area contributed by atoms with Gasteiger partial charge in [-0.15, -0.1) is 0 Å². The predicted molar refractivity (Wildman–Crippen MR) is 262 cm³/mol. The van der Waals surface area contributed by atoms with E-state index in [0.717, 1.165) is 12.0 Å². The second-order valence-electron chi connectivity index (χ2n) is 20.9. The van der Waals surface area contributed by atoms with E-state index >= 15 is 0 Å². The first-order valence-electron chi connectivity index (χ1n) is 25.5. The molecule has 69 heavy (non-hydrogen) atoms. The van der Waals surface area contributed by atoms with Crippen LogP contribution in [0.2, 0.25) is 0 Å². The molecule has 1 saturated carbocycles. The van der Waals surface area contributed by atoms with E-state index in [1.54, 1.807) is 27.0 Å². The zero-order valence-corrected chi connectivity index (χ0v) is 43.2. The molecule has 0 radical (unpaired) electrons. The van der Waals surface area contributed by atoms with Crippen LogP contribution in [0.25, 0.3) is 0 Å². The van der Waals surface area contributed by atoms with Crippen molar-refractivity contribution in [2.75, 3.05) is 33.1 Å². The van der Waals surface area contributed by atoms with Gasteiger partial charge in [0.05, 0.1) is 24.1 Å². The van der Waals surface area contributed by atoms with Crippen molar-refractivity contribution in [1.29, 1.82) is 0 Å². The van der Waals surface area contributed by atoms with E-state index in [4.69, 9.17) is 24.7 Å². The number of ketones is 2. The highest BCUT2D eigenvalue weighted by atomic mass is 32.2. The Morgan fingerprint density at radius 3 is 2.28 bits per heavy atom. The number of fused-ring (bicyclic) bond motifs is 3. The number of carbonyl (C=O) groups is 4. The van der Waals surface area contributed by atoms with Gasteiger partial charge in [-0.1, -0.05) is 69.7 Å². The molecular formula is C52H83N3O13S. The van der Waals surface area contributed by atoms with E-state index < -0.39 is 94.0 Å². The van der Waals surface area contributed by atoms with Gasteiger partial charge in [0.2, 0.25) is 15.8 Å². The van der Waals surface area contributed by atoms with Crippen LogP contribution in [0.15, 0.2) is 47.6 Å². The smallest absolute Gasteiger partial charge is 0.329 e. The molecule has 3 saturated heterocycles. The number of esters is 1. The van der Waals surface area contributed by atoms with Crippen LogP contribution in [0, 0.1) is 29.6 Å². The highest BCUT2D eigenvalue weighted by Crippen LogP contribution is 2.39. The number of cyclic esters (lactones) is 1. The Kier molecular flexibility index (Phi) is 21.0. The molecule has 4 fully saturated rings. The number of methoxy groups -OCH3 is 2. The standard InChI is InChI=1S/C52H83N3O13S/c1-32-15-10-9-11-16-33(2)42(55-25-14-26-69(55,63)64)31-40-21-18-37(6)52(62,68-40)49(59)50(60)54-24-13-12-17-41(54)51(61)67-44(34(3)28-38-19-22-43(56)45(30-38)65-7)23-20-39(53)29-36(5)47(58)48(66-8)46(57)35(4)27-32/h9-11,15-16,29,32,34-35,37-45,47-48,56,58,62H,12-14,17-28,30-31,53H2,1-8H3/b11-9+,15-10+,33-16+,36-29+/t32-,34-,35-,37?,38?,39+,40?,41?,42+,43-,44+,45-,47-,48+,52-/m1/s1. The number of hydrogen-bond acceptors (Lipinski definition) is 14. The molecule has 0 aromatic carbocycles. The van der Waals surface area contributed by atoms with Gasteiger partial charge < -0.3 is 44.9 Å². The van der Waals surface area contributed by atoms with E-state index in [1.807, 2.05) is 58.1 Å². The Hall–Kier alpha value is -3.13. The van der Waals surface area contributed by atoms with Gasteiger partial charge in [-0.3, -0.25) is 14.4 Å². The summed E-state index contributed by atoms with van der Waals surface area (Å²) < 4.78 is 52.0. The molecule has 4 heterocycles. The van der Waals surface area contributed by atoms with Gasteiger partial charge in [-0.2, -0.15) is 4.31 Å². The number of hydrogen-bond donors (Lipinski definition) is 4. The van der Waals surface area contributed by atoms with Crippen molar-refractivity contribution in [2.24, 2.45) is 35.3 Å². The molecular weight excluding hydrogens is 907 g/mol. The number of Topliss-reactive ketones (excluding diaryl/α,β-unsaturated/α-hetero) is 2. The third kappa shape index (κ3) is 14.5. The van der Waals surface area contributed by atoms with Gasteiger partial charge in [-0.05, 0) is 127 Å². The third-order valence-corrected chi connectivity index (χ3v) is 17.5. The van der Waals surface area contributed by atoms with E-state index in [0.29, 0.717) is 82.7 Å². The quantitative estimate of drug-likeness (QED) is 0.155. The van der Waals surface area contributed by atoms with Crippen LogP contribution in [0.1, 0.15) is 131 Å². The summed E-state index contributed by atoms with van der Waals surface area (Å²) in [4.78, 5) is 58.2. The number of carbonyl (C=O) groups excluding carboxylic acids is 4. The number of amides is 1. The van der Waals surface area contributed by atoms with Gasteiger partial charge in [-0.25, -0.2) is 13.2 Å². The van der Waals surface area contributed by atoms with Crippen LogP contribution in [0.3, 0.4) is 0 Å². The lowest BCUT2D eigenvalue weighted by Gasteiger charge is -2.43. The average molecular weight is 990 g/mol. The van der Waals surface area contributed by atoms with Crippen LogP contribution in [0.5, 0.6) is 0 Å². The summed E-state index contributed by atoms with van der Waals surface area (Å²) in [5.41, 5.74) is 7.87. The van der Waals surface area contributed by atoms with E-state index in [-0.39, 0.29) is 54.8 Å². The lowest BCUT2D eigenvalue weighted by atomic mass is 9.78. The summed E-state index contributed by atoms with van der Waals surface area (Å²) in [7, 11) is -0.628. The molecule has 0 aromatic heterocycles. The van der Waals surface area contributed by atoms with Crippen LogP contribution < -0.4 is 5.73 Å². The Morgan fingerprint density at radius 1 is 0.855 bits per heavy atom. The lowest BCUT2D eigenvalue weighted by molar-refractivity contribution is -0.264. The largest absolute Gasteiger partial charge is 0.461 e. The zero-order chi connectivity index (χ0) is 50.8. The molecule has 1 amide bonds. The third-order valence-electron chi connectivity index (χ3n) is 15.5. The van der Waals surface area contributed by atoms with Crippen LogP contribution in [0.4, 0.5) is 0 Å². The lowest BCUT2D eigenvalue weighted by Crippen LogP contribution is -2.61. The van der Waals surface area contributed by atoms with Crippen molar-refractivity contribution in [3.8, 4) is 0 Å². The number of nitrogens with zero attached hydrogens (tertiary/aromatic N) is 2. The molecule has 390 valence electrons. The van der Waals surface area contributed by atoms with Crippen LogP contribution in [-0.2, 0) is 48.1 Å². The van der Waals surface area contributed by atoms with Crippen molar-refractivity contribution in [1.82, 2.24) is 9.21 Å². The molecule has 4 unspecified atom stereocenters. The minimum absolute atomic E-state index is 0.00101. The molecule has 1 aliphatic carbocycles. The molecule has 15 atom stereocenters. The van der Waals surface area contributed by atoms with E-state index in [1.165, 1.54) is 16.3 Å². The first kappa shape index (κ1) is 56.8. The van der Waals surface area contributed by atoms with E-state index in [9.17, 15) is 42.9 Å². The minimum atomic E-state index is -3.61. The molecule has 16 nitrogen and oxygen atoms in total. The van der Waals surface area contributed by atoms with Gasteiger partial charge in [0.1, 0.15) is 24.4 Å². The summed E-state index contributed by atoms with van der Waals surface area (Å²) in [5, 5.41) is 34.1. The van der Waals surface area contributed by atoms with Crippen LogP contribution in [-0.4, -0.2) is 150 Å². The number of rotatable bonds is 6. The minimum Gasteiger partial charge on any atom is -0.461 e. The zero-order valence-electron chi connectivity index (χ0n) is 42.4. The predicted octanol–water partition coefficient (Wildman–Crippen LogP) is 5.08. The number of aliphatic hydroxyl groups excluding tert-OH is 2. The Bertz CT molecular complexity index is 2010. The molecule has 5 N–H and O–H groups in total. The van der Waals surface area contributed by atoms with Gasteiger partial charge in [0, 0.05) is 51.2 Å². The first-order valence-corrected chi connectivity index (χ1v) is 27.1. The van der Waals surface area contributed by atoms with Crippen molar-refractivity contribution in [3.63, 3.8) is 0 Å². The summed E-state index contributed by atoms with van der Waals surface area (Å²) >= 11 is 0. The number of ether oxygens (including phenoxy) is 4. The fraction of sp³-hybridized carbons (Fsp3) is 0.769. The van der Waals surface area contributed by atoms with Crippen LogP contribution >= 0.6 is 0 Å². The summed E-state index contributed by atoms with van der Waals surface area (Å²) in [5.74, 6) is -6.92. The Morgan fingerprint density at radius 2 is 1.59 bits per heavy atom. The average Bonchev–Trinajstić information content (AvgIpc) is 3.67. The van der Waals surface area contributed by atoms with Gasteiger partial charge >= 0.3 is 5.97 Å². The summed E-state index contributed by atoms with van der Waals surface area (Å²) in [6, 6.07) is -2.36.